The van der Waals surface area contributed by atoms with Gasteiger partial charge in [0, 0.05) is 0 Å². The maximum absolute atomic E-state index is 12.7. The molecule has 3 aromatic rings. The number of hydrogen-bond acceptors (Lipinski definition) is 3. The summed E-state index contributed by atoms with van der Waals surface area (Å²) in [5, 5.41) is 12.9. The molecule has 3 rings (SSSR count). The number of nitrogens with zero attached hydrogens (tertiary/aromatic N) is 1. The van der Waals surface area contributed by atoms with Gasteiger partial charge in [0.15, 0.2) is 0 Å². The monoisotopic (exact) mass is 426 g/mol. The molecular formula is C19H17F3N2OSe. The van der Waals surface area contributed by atoms with Crippen LogP contribution in [0, 0.1) is 13.8 Å². The minimum atomic E-state index is -4.33. The third-order valence-electron chi connectivity index (χ3n) is 4.00. The number of aromatic hydroxyl groups is 1. The second kappa shape index (κ2) is 7.17. The van der Waals surface area contributed by atoms with Crippen LogP contribution in [0.4, 0.5) is 18.9 Å². The van der Waals surface area contributed by atoms with Crippen molar-refractivity contribution < 1.29 is 18.3 Å². The average Bonchev–Trinajstić information content (AvgIpc) is 2.96. The van der Waals surface area contributed by atoms with E-state index in [4.69, 9.17) is 0 Å². The van der Waals surface area contributed by atoms with Crippen LogP contribution in [0.5, 0.6) is 5.75 Å². The van der Waals surface area contributed by atoms with Crippen molar-refractivity contribution >= 4 is 20.2 Å². The Labute approximate surface area is 155 Å². The zero-order valence-corrected chi connectivity index (χ0v) is 15.9. The van der Waals surface area contributed by atoms with Gasteiger partial charge in [-0.05, 0) is 0 Å². The summed E-state index contributed by atoms with van der Waals surface area (Å²) in [6.07, 6.45) is -4.33. The molecule has 1 aromatic heterocycles. The fourth-order valence-electron chi connectivity index (χ4n) is 2.47. The molecule has 0 aliphatic rings. The molecule has 0 radical (unpaired) electrons. The fraction of sp³-hybridized carbons (Fsp3) is 0.211. The number of rotatable bonds is 4. The molecule has 26 heavy (non-hydrogen) atoms. The van der Waals surface area contributed by atoms with Gasteiger partial charge in [-0.3, -0.25) is 0 Å². The molecule has 0 spiro atoms. The molecule has 0 fully saturated rings. The van der Waals surface area contributed by atoms with E-state index in [1.165, 1.54) is 12.1 Å². The van der Waals surface area contributed by atoms with Crippen LogP contribution >= 0.6 is 0 Å². The van der Waals surface area contributed by atoms with E-state index < -0.39 is 11.7 Å². The van der Waals surface area contributed by atoms with E-state index >= 15 is 0 Å². The van der Waals surface area contributed by atoms with Gasteiger partial charge >= 0.3 is 155 Å². The Morgan fingerprint density at radius 3 is 2.38 bits per heavy atom. The number of alkyl halides is 3. The van der Waals surface area contributed by atoms with E-state index in [0.29, 0.717) is 6.54 Å². The molecule has 3 nitrogen and oxygen atoms in total. The van der Waals surface area contributed by atoms with Gasteiger partial charge in [0.05, 0.1) is 0 Å². The molecule has 136 valence electrons. The van der Waals surface area contributed by atoms with Crippen LogP contribution in [-0.2, 0) is 12.7 Å². The Kier molecular flexibility index (Phi) is 5.12. The summed E-state index contributed by atoms with van der Waals surface area (Å²) in [5.41, 5.74) is 2.68. The van der Waals surface area contributed by atoms with Crippen LogP contribution in [0.15, 0.2) is 42.5 Å². The number of nitrogens with one attached hydrogen (secondary N) is 1. The van der Waals surface area contributed by atoms with Gasteiger partial charge in [-0.2, -0.15) is 0 Å². The van der Waals surface area contributed by atoms with Crippen molar-refractivity contribution in [2.24, 2.45) is 0 Å². The Hall–Kier alpha value is -2.24. The average molecular weight is 425 g/mol. The van der Waals surface area contributed by atoms with Crippen LogP contribution in [0.2, 0.25) is 0 Å². The number of benzene rings is 2. The van der Waals surface area contributed by atoms with E-state index in [9.17, 15) is 18.3 Å². The van der Waals surface area contributed by atoms with Gasteiger partial charge in [0.2, 0.25) is 0 Å². The van der Waals surface area contributed by atoms with Crippen LogP contribution in [0.25, 0.3) is 10.1 Å². The van der Waals surface area contributed by atoms with Gasteiger partial charge in [-0.15, -0.1) is 0 Å². The Bertz CT molecular complexity index is 918. The molecule has 0 aliphatic heterocycles. The molecule has 0 saturated heterocycles. The van der Waals surface area contributed by atoms with Crippen molar-refractivity contribution in [2.45, 2.75) is 26.6 Å². The number of anilines is 1. The van der Waals surface area contributed by atoms with Crippen molar-refractivity contribution in [1.82, 2.24) is 4.98 Å². The van der Waals surface area contributed by atoms with E-state index in [1.54, 1.807) is 12.1 Å². The number of hydrogen-bond donors (Lipinski definition) is 2. The van der Waals surface area contributed by atoms with Crippen molar-refractivity contribution in [3.8, 4) is 15.9 Å². The van der Waals surface area contributed by atoms with Gasteiger partial charge in [-0.25, -0.2) is 0 Å². The third-order valence-corrected chi connectivity index (χ3v) is 6.53. The first-order valence-electron chi connectivity index (χ1n) is 7.91. The molecular weight excluding hydrogens is 408 g/mol. The molecule has 0 atom stereocenters. The molecule has 0 aliphatic carbocycles. The quantitative estimate of drug-likeness (QED) is 0.468. The summed E-state index contributed by atoms with van der Waals surface area (Å²) < 4.78 is 40.0. The molecule has 2 aromatic carbocycles. The predicted octanol–water partition coefficient (Wildman–Crippen LogP) is 4.76. The summed E-state index contributed by atoms with van der Waals surface area (Å²) in [6, 6.07) is 10.5. The molecule has 0 bridgehead atoms. The van der Waals surface area contributed by atoms with E-state index in [1.807, 2.05) is 19.9 Å². The molecule has 0 saturated carbocycles. The minimum absolute atomic E-state index is 0.0389. The van der Waals surface area contributed by atoms with E-state index in [2.05, 4.69) is 10.3 Å². The van der Waals surface area contributed by atoms with Crippen LogP contribution in [-0.4, -0.2) is 24.6 Å². The van der Waals surface area contributed by atoms with Crippen molar-refractivity contribution in [3.63, 3.8) is 0 Å². The molecule has 7 heteroatoms. The second-order valence-corrected chi connectivity index (χ2v) is 8.23. The summed E-state index contributed by atoms with van der Waals surface area (Å²) in [7, 11) is 0. The second-order valence-electron chi connectivity index (χ2n) is 5.96. The molecule has 0 amide bonds. The fourth-order valence-corrected chi connectivity index (χ4v) is 4.58. The number of halogens is 3. The predicted molar refractivity (Wildman–Crippen MR) is 96.5 cm³/mol. The zero-order chi connectivity index (χ0) is 18.9. The topological polar surface area (TPSA) is 45.2 Å². The van der Waals surface area contributed by atoms with Gasteiger partial charge in [-0.1, -0.05) is 0 Å². The Morgan fingerprint density at radius 2 is 1.77 bits per heavy atom. The molecule has 1 heterocycles. The summed E-state index contributed by atoms with van der Waals surface area (Å²) in [4.78, 5) is 4.54. The zero-order valence-electron chi connectivity index (χ0n) is 14.2. The Morgan fingerprint density at radius 1 is 1.08 bits per heavy atom. The normalized spacial score (nSPS) is 11.6. The van der Waals surface area contributed by atoms with E-state index in [0.717, 1.165) is 43.6 Å². The van der Waals surface area contributed by atoms with Crippen molar-refractivity contribution in [2.75, 3.05) is 5.32 Å². The summed E-state index contributed by atoms with van der Waals surface area (Å²) >= 11 is -0.0389. The maximum atomic E-state index is 12.7. The first-order chi connectivity index (χ1) is 12.2. The first-order valence-corrected chi connectivity index (χ1v) is 9.63. The number of aryl methyl sites for hydroxylation is 2. The standard InChI is InChI=1S/C19H17F3N2OSe/c1-11-9-15(7-8-16(11)25)23-10-17-12(2)24-18(26-17)13-3-5-14(6-4-13)19(20,21)22/h3-9,23,25H,10H2,1-2H3. The van der Waals surface area contributed by atoms with Gasteiger partial charge in [0.1, 0.15) is 0 Å². The van der Waals surface area contributed by atoms with Crippen molar-refractivity contribution in [1.29, 1.82) is 0 Å². The number of phenols is 1. The SMILES string of the molecule is Cc1cc(NCc2[se]c(-c3ccc(C(F)(F)F)cc3)nc2C)ccc1O. The Balaban J connectivity index is 1.75. The number of phenolic OH excluding ortho intramolecular Hbond substituents is 1. The van der Waals surface area contributed by atoms with Crippen LogP contribution < -0.4 is 5.32 Å². The summed E-state index contributed by atoms with van der Waals surface area (Å²) in [6.45, 7) is 4.36. The molecule has 2 N–H and O–H groups in total. The van der Waals surface area contributed by atoms with Crippen molar-refractivity contribution in [3.05, 3.63) is 63.7 Å². The third kappa shape index (κ3) is 4.11. The number of aromatic nitrogens is 1. The first kappa shape index (κ1) is 18.5. The summed E-state index contributed by atoms with van der Waals surface area (Å²) in [5.74, 6) is 0.254. The van der Waals surface area contributed by atoms with E-state index in [-0.39, 0.29) is 20.3 Å². The van der Waals surface area contributed by atoms with Gasteiger partial charge < -0.3 is 0 Å². The molecule has 0 unspecified atom stereocenters. The van der Waals surface area contributed by atoms with Crippen LogP contribution in [0.1, 0.15) is 21.3 Å². The van der Waals surface area contributed by atoms with Gasteiger partial charge in [0.25, 0.3) is 0 Å². The van der Waals surface area contributed by atoms with Crippen LogP contribution in [0.3, 0.4) is 0 Å².